The Bertz CT molecular complexity index is 603. The van der Waals surface area contributed by atoms with Gasteiger partial charge in [0.1, 0.15) is 0 Å². The van der Waals surface area contributed by atoms with Crippen LogP contribution in [0.1, 0.15) is 21.7 Å². The summed E-state index contributed by atoms with van der Waals surface area (Å²) in [7, 11) is 0. The zero-order chi connectivity index (χ0) is 13.1. The van der Waals surface area contributed by atoms with E-state index in [4.69, 9.17) is 5.11 Å². The molecule has 0 saturated heterocycles. The predicted molar refractivity (Wildman–Crippen MR) is 71.1 cm³/mol. The van der Waals surface area contributed by atoms with E-state index in [1.54, 1.807) is 0 Å². The van der Waals surface area contributed by atoms with Crippen molar-refractivity contribution in [3.8, 4) is 0 Å². The maximum atomic E-state index is 11.9. The molecule has 0 spiro atoms. The lowest BCUT2D eigenvalue weighted by Crippen LogP contribution is -2.25. The minimum atomic E-state index is -0.914. The lowest BCUT2D eigenvalue weighted by Gasteiger charge is -2.02. The molecule has 1 heterocycles. The number of hydrogen-bond donors (Lipinski definition) is 2. The van der Waals surface area contributed by atoms with E-state index >= 15 is 0 Å². The van der Waals surface area contributed by atoms with Crippen molar-refractivity contribution in [2.75, 3.05) is 6.54 Å². The van der Waals surface area contributed by atoms with Gasteiger partial charge in [0.2, 0.25) is 0 Å². The van der Waals surface area contributed by atoms with Crippen molar-refractivity contribution in [3.05, 3.63) is 34.7 Å². The lowest BCUT2D eigenvalue weighted by molar-refractivity contribution is -0.136. The molecule has 4 nitrogen and oxygen atoms in total. The molecule has 1 aromatic heterocycles. The van der Waals surface area contributed by atoms with E-state index in [1.165, 1.54) is 11.3 Å². The van der Waals surface area contributed by atoms with Gasteiger partial charge in [-0.1, -0.05) is 18.2 Å². The molecular weight excluding hydrogens is 250 g/mol. The Balaban J connectivity index is 2.17. The molecule has 0 aliphatic rings. The Morgan fingerprint density at radius 1 is 1.33 bits per heavy atom. The van der Waals surface area contributed by atoms with Crippen molar-refractivity contribution in [2.45, 2.75) is 13.3 Å². The minimum absolute atomic E-state index is 0.0598. The second-order valence-electron chi connectivity index (χ2n) is 3.95. The fourth-order valence-electron chi connectivity index (χ4n) is 1.75. The molecule has 5 heteroatoms. The topological polar surface area (TPSA) is 66.4 Å². The molecule has 2 aromatic rings. The van der Waals surface area contributed by atoms with Gasteiger partial charge in [-0.2, -0.15) is 0 Å². The van der Waals surface area contributed by atoms with Crippen LogP contribution < -0.4 is 5.32 Å². The fourth-order valence-corrected chi connectivity index (χ4v) is 2.88. The van der Waals surface area contributed by atoms with Gasteiger partial charge in [0.15, 0.2) is 0 Å². The highest BCUT2D eigenvalue weighted by Gasteiger charge is 2.14. The molecule has 94 valence electrons. The molecule has 0 saturated carbocycles. The van der Waals surface area contributed by atoms with E-state index in [9.17, 15) is 9.59 Å². The van der Waals surface area contributed by atoms with Crippen LogP contribution >= 0.6 is 11.3 Å². The molecule has 0 unspecified atom stereocenters. The number of carbonyl (C=O) groups excluding carboxylic acids is 1. The molecule has 1 amide bonds. The number of nitrogens with one attached hydrogen (secondary N) is 1. The Kier molecular flexibility index (Phi) is 3.62. The van der Waals surface area contributed by atoms with Crippen LogP contribution in [0.4, 0.5) is 0 Å². The van der Waals surface area contributed by atoms with Crippen molar-refractivity contribution >= 4 is 33.3 Å². The average Bonchev–Trinajstić information content (AvgIpc) is 2.67. The van der Waals surface area contributed by atoms with Gasteiger partial charge in [0.05, 0.1) is 11.3 Å². The quantitative estimate of drug-likeness (QED) is 0.890. The van der Waals surface area contributed by atoms with Crippen molar-refractivity contribution < 1.29 is 14.7 Å². The van der Waals surface area contributed by atoms with Crippen molar-refractivity contribution in [1.29, 1.82) is 0 Å². The van der Waals surface area contributed by atoms with Gasteiger partial charge in [-0.05, 0) is 23.9 Å². The molecule has 2 rings (SSSR count). The van der Waals surface area contributed by atoms with E-state index < -0.39 is 5.97 Å². The van der Waals surface area contributed by atoms with Crippen LogP contribution in [0.15, 0.2) is 24.3 Å². The van der Waals surface area contributed by atoms with Crippen molar-refractivity contribution in [3.63, 3.8) is 0 Å². The van der Waals surface area contributed by atoms with E-state index in [2.05, 4.69) is 5.32 Å². The smallest absolute Gasteiger partial charge is 0.305 e. The molecule has 0 aliphatic carbocycles. The SMILES string of the molecule is Cc1c(C(=O)NCCC(=O)O)sc2ccccc12. The van der Waals surface area contributed by atoms with Gasteiger partial charge in [-0.3, -0.25) is 9.59 Å². The fraction of sp³-hybridized carbons (Fsp3) is 0.231. The first-order chi connectivity index (χ1) is 8.59. The van der Waals surface area contributed by atoms with Crippen LogP contribution in [0.3, 0.4) is 0 Å². The number of carboxylic acid groups (broad SMARTS) is 1. The number of hydrogen-bond acceptors (Lipinski definition) is 3. The van der Waals surface area contributed by atoms with Gasteiger partial charge >= 0.3 is 5.97 Å². The number of aliphatic carboxylic acids is 1. The van der Waals surface area contributed by atoms with Crippen molar-refractivity contribution in [1.82, 2.24) is 5.32 Å². The molecule has 0 fully saturated rings. The molecule has 0 bridgehead atoms. The third-order valence-corrected chi connectivity index (χ3v) is 3.95. The molecule has 0 aliphatic heterocycles. The maximum Gasteiger partial charge on any atom is 0.305 e. The first kappa shape index (κ1) is 12.6. The number of benzene rings is 1. The summed E-state index contributed by atoms with van der Waals surface area (Å²) in [6, 6.07) is 7.83. The van der Waals surface area contributed by atoms with Crippen LogP contribution in [0.5, 0.6) is 0 Å². The number of carboxylic acids is 1. The zero-order valence-electron chi connectivity index (χ0n) is 9.90. The number of aryl methyl sites for hydroxylation is 1. The highest BCUT2D eigenvalue weighted by atomic mass is 32.1. The predicted octanol–water partition coefficient (Wildman–Crippen LogP) is 2.41. The van der Waals surface area contributed by atoms with Gasteiger partial charge in [-0.15, -0.1) is 11.3 Å². The third-order valence-electron chi connectivity index (χ3n) is 2.67. The van der Waals surface area contributed by atoms with E-state index in [1.807, 2.05) is 31.2 Å². The van der Waals surface area contributed by atoms with E-state index in [-0.39, 0.29) is 18.9 Å². The second kappa shape index (κ2) is 5.18. The van der Waals surface area contributed by atoms with Gasteiger partial charge in [-0.25, -0.2) is 0 Å². The summed E-state index contributed by atoms with van der Waals surface area (Å²) in [6.45, 7) is 2.06. The van der Waals surface area contributed by atoms with Crippen LogP contribution in [0.25, 0.3) is 10.1 Å². The largest absolute Gasteiger partial charge is 0.481 e. The summed E-state index contributed by atoms with van der Waals surface area (Å²) in [5.41, 5.74) is 0.948. The Morgan fingerprint density at radius 3 is 2.72 bits per heavy atom. The van der Waals surface area contributed by atoms with Gasteiger partial charge in [0, 0.05) is 11.2 Å². The molecule has 0 radical (unpaired) electrons. The Morgan fingerprint density at radius 2 is 2.06 bits per heavy atom. The molecule has 2 N–H and O–H groups in total. The summed E-state index contributed by atoms with van der Waals surface area (Å²) in [5, 5.41) is 12.2. The summed E-state index contributed by atoms with van der Waals surface area (Å²) < 4.78 is 1.07. The highest BCUT2D eigenvalue weighted by Crippen LogP contribution is 2.30. The van der Waals surface area contributed by atoms with Gasteiger partial charge < -0.3 is 10.4 Å². The first-order valence-electron chi connectivity index (χ1n) is 5.57. The monoisotopic (exact) mass is 263 g/mol. The molecule has 1 aromatic carbocycles. The lowest BCUT2D eigenvalue weighted by atomic mass is 10.1. The first-order valence-corrected chi connectivity index (χ1v) is 6.39. The van der Waals surface area contributed by atoms with E-state index in [0.717, 1.165) is 15.6 Å². The maximum absolute atomic E-state index is 11.9. The summed E-state index contributed by atoms with van der Waals surface area (Å²) >= 11 is 1.43. The van der Waals surface area contributed by atoms with E-state index in [0.29, 0.717) is 4.88 Å². The third kappa shape index (κ3) is 2.51. The molecular formula is C13H13NO3S. The molecule has 18 heavy (non-hydrogen) atoms. The van der Waals surface area contributed by atoms with Crippen LogP contribution in [0, 0.1) is 6.92 Å². The number of fused-ring (bicyclic) bond motifs is 1. The van der Waals surface area contributed by atoms with Gasteiger partial charge in [0.25, 0.3) is 5.91 Å². The average molecular weight is 263 g/mol. The van der Waals surface area contributed by atoms with Crippen molar-refractivity contribution in [2.24, 2.45) is 0 Å². The molecule has 0 atom stereocenters. The van der Waals surface area contributed by atoms with Crippen LogP contribution in [-0.2, 0) is 4.79 Å². The highest BCUT2D eigenvalue weighted by molar-refractivity contribution is 7.21. The van der Waals surface area contributed by atoms with Crippen LogP contribution in [0.2, 0.25) is 0 Å². The number of rotatable bonds is 4. The Labute approximate surface area is 108 Å². The zero-order valence-corrected chi connectivity index (χ0v) is 10.7. The Hall–Kier alpha value is -1.88. The number of amides is 1. The van der Waals surface area contributed by atoms with Crippen LogP contribution in [-0.4, -0.2) is 23.5 Å². The summed E-state index contributed by atoms with van der Waals surface area (Å²) in [6.07, 6.45) is -0.0598. The number of thiophene rings is 1. The standard InChI is InChI=1S/C13H13NO3S/c1-8-9-4-2-3-5-10(9)18-12(8)13(17)14-7-6-11(15)16/h2-5H,6-7H2,1H3,(H,14,17)(H,15,16). The normalized spacial score (nSPS) is 10.5. The number of carbonyl (C=O) groups is 2. The minimum Gasteiger partial charge on any atom is -0.481 e. The summed E-state index contributed by atoms with van der Waals surface area (Å²) in [4.78, 5) is 23.0. The second-order valence-corrected chi connectivity index (χ2v) is 5.00. The summed E-state index contributed by atoms with van der Waals surface area (Å²) in [5.74, 6) is -1.11.